The van der Waals surface area contributed by atoms with Crippen molar-refractivity contribution in [2.75, 3.05) is 31.1 Å². The third kappa shape index (κ3) is 5.36. The van der Waals surface area contributed by atoms with E-state index in [1.165, 1.54) is 0 Å². The minimum atomic E-state index is -4.58. The van der Waals surface area contributed by atoms with Crippen LogP contribution in [0, 0.1) is 0 Å². The van der Waals surface area contributed by atoms with Crippen LogP contribution in [0.15, 0.2) is 36.4 Å². The van der Waals surface area contributed by atoms with Crippen LogP contribution >= 0.6 is 0 Å². The van der Waals surface area contributed by atoms with Crippen LogP contribution in [0.5, 0.6) is 0 Å². The first-order valence-corrected chi connectivity index (χ1v) is 9.27. The molecule has 1 aromatic carbocycles. The summed E-state index contributed by atoms with van der Waals surface area (Å²) in [4.78, 5) is 23.5. The van der Waals surface area contributed by atoms with Gasteiger partial charge in [-0.1, -0.05) is 30.3 Å². The van der Waals surface area contributed by atoms with Crippen molar-refractivity contribution in [3.8, 4) is 11.4 Å². The van der Waals surface area contributed by atoms with E-state index in [4.69, 9.17) is 4.74 Å². The third-order valence-corrected chi connectivity index (χ3v) is 4.29. The Balaban J connectivity index is 1.81. The van der Waals surface area contributed by atoms with Crippen LogP contribution in [-0.2, 0) is 10.9 Å². The van der Waals surface area contributed by atoms with Crippen LogP contribution in [-0.4, -0.2) is 52.7 Å². The van der Waals surface area contributed by atoms with Gasteiger partial charge in [-0.05, 0) is 20.8 Å². The van der Waals surface area contributed by atoms with Gasteiger partial charge in [-0.3, -0.25) is 0 Å². The van der Waals surface area contributed by atoms with Gasteiger partial charge >= 0.3 is 12.3 Å². The number of piperazine rings is 1. The Labute approximate surface area is 167 Å². The lowest BCUT2D eigenvalue weighted by molar-refractivity contribution is -0.141. The summed E-state index contributed by atoms with van der Waals surface area (Å²) in [6.45, 7) is 6.72. The molecule has 156 valence electrons. The van der Waals surface area contributed by atoms with Crippen LogP contribution in [0.25, 0.3) is 11.4 Å². The maximum absolute atomic E-state index is 13.4. The molecule has 0 unspecified atom stereocenters. The van der Waals surface area contributed by atoms with E-state index >= 15 is 0 Å². The molecule has 0 aliphatic carbocycles. The number of carbonyl (C=O) groups is 1. The molecule has 0 radical (unpaired) electrons. The lowest BCUT2D eigenvalue weighted by Gasteiger charge is -2.36. The lowest BCUT2D eigenvalue weighted by Crippen LogP contribution is -2.50. The molecule has 2 aromatic rings. The van der Waals surface area contributed by atoms with Gasteiger partial charge in [-0.2, -0.15) is 13.2 Å². The van der Waals surface area contributed by atoms with Gasteiger partial charge in [-0.25, -0.2) is 14.8 Å². The second-order valence-corrected chi connectivity index (χ2v) is 7.75. The first kappa shape index (κ1) is 20.9. The summed E-state index contributed by atoms with van der Waals surface area (Å²) in [7, 11) is 0. The predicted octanol–water partition coefficient (Wildman–Crippen LogP) is 4.22. The van der Waals surface area contributed by atoms with Crippen molar-refractivity contribution < 1.29 is 22.7 Å². The van der Waals surface area contributed by atoms with Crippen LogP contribution in [0.4, 0.5) is 23.8 Å². The number of rotatable bonds is 2. The fourth-order valence-electron chi connectivity index (χ4n) is 2.90. The Morgan fingerprint density at radius 3 is 2.17 bits per heavy atom. The summed E-state index contributed by atoms with van der Waals surface area (Å²) in [5, 5.41) is 0. The average Bonchev–Trinajstić information content (AvgIpc) is 2.66. The van der Waals surface area contributed by atoms with E-state index < -0.39 is 23.6 Å². The summed E-state index contributed by atoms with van der Waals surface area (Å²) < 4.78 is 45.5. The number of anilines is 1. The average molecular weight is 408 g/mol. The zero-order chi connectivity index (χ0) is 21.2. The van der Waals surface area contributed by atoms with E-state index in [0.29, 0.717) is 31.7 Å². The zero-order valence-electron chi connectivity index (χ0n) is 16.5. The van der Waals surface area contributed by atoms with Crippen LogP contribution < -0.4 is 4.90 Å². The lowest BCUT2D eigenvalue weighted by atomic mass is 10.2. The highest BCUT2D eigenvalue weighted by molar-refractivity contribution is 5.68. The molecule has 0 saturated carbocycles. The molecule has 0 N–H and O–H groups in total. The van der Waals surface area contributed by atoms with Crippen molar-refractivity contribution in [3.05, 3.63) is 42.1 Å². The second kappa shape index (κ2) is 7.88. The molecule has 0 spiro atoms. The van der Waals surface area contributed by atoms with Crippen molar-refractivity contribution in [2.24, 2.45) is 0 Å². The molecule has 29 heavy (non-hydrogen) atoms. The first-order valence-electron chi connectivity index (χ1n) is 9.27. The van der Waals surface area contributed by atoms with Gasteiger partial charge in [0.05, 0.1) is 0 Å². The molecule has 1 aromatic heterocycles. The highest BCUT2D eigenvalue weighted by Crippen LogP contribution is 2.32. The molecule has 9 heteroatoms. The fourth-order valence-corrected chi connectivity index (χ4v) is 2.90. The summed E-state index contributed by atoms with van der Waals surface area (Å²) in [6.07, 6.45) is -5.01. The van der Waals surface area contributed by atoms with Crippen molar-refractivity contribution in [1.82, 2.24) is 14.9 Å². The third-order valence-electron chi connectivity index (χ3n) is 4.29. The Bertz CT molecular complexity index is 858. The normalized spacial score (nSPS) is 15.4. The molecule has 1 saturated heterocycles. The van der Waals surface area contributed by atoms with Gasteiger partial charge in [0.2, 0.25) is 0 Å². The van der Waals surface area contributed by atoms with Gasteiger partial charge in [0.25, 0.3) is 0 Å². The van der Waals surface area contributed by atoms with E-state index in [-0.39, 0.29) is 11.6 Å². The van der Waals surface area contributed by atoms with Crippen LogP contribution in [0.1, 0.15) is 26.5 Å². The van der Waals surface area contributed by atoms with Crippen LogP contribution in [0.2, 0.25) is 0 Å². The quantitative estimate of drug-likeness (QED) is 0.745. The predicted molar refractivity (Wildman–Crippen MR) is 102 cm³/mol. The topological polar surface area (TPSA) is 58.6 Å². The fraction of sp³-hybridized carbons (Fsp3) is 0.450. The molecule has 6 nitrogen and oxygen atoms in total. The summed E-state index contributed by atoms with van der Waals surface area (Å²) >= 11 is 0. The van der Waals surface area contributed by atoms with Gasteiger partial charge < -0.3 is 14.5 Å². The van der Waals surface area contributed by atoms with E-state index in [9.17, 15) is 18.0 Å². The van der Waals surface area contributed by atoms with Gasteiger partial charge in [-0.15, -0.1) is 0 Å². The maximum Gasteiger partial charge on any atom is 0.433 e. The number of amides is 1. The molecule has 2 heterocycles. The summed E-state index contributed by atoms with van der Waals surface area (Å²) in [5.74, 6) is 0.208. The SMILES string of the molecule is CC(C)(C)OC(=O)N1CCN(c2cc(C(F)(F)F)nc(-c3ccccc3)n2)CC1. The Morgan fingerprint density at radius 1 is 1.00 bits per heavy atom. The number of alkyl halides is 3. The standard InChI is InChI=1S/C20H23F3N4O2/c1-19(2,3)29-18(28)27-11-9-26(10-12-27)16-13-15(20(21,22)23)24-17(25-16)14-7-5-4-6-8-14/h4-8,13H,9-12H2,1-3H3. The van der Waals surface area contributed by atoms with Gasteiger partial charge in [0, 0.05) is 37.8 Å². The summed E-state index contributed by atoms with van der Waals surface area (Å²) in [6, 6.07) is 9.50. The molecular formula is C20H23F3N4O2. The number of halogens is 3. The zero-order valence-corrected chi connectivity index (χ0v) is 16.5. The highest BCUT2D eigenvalue weighted by atomic mass is 19.4. The highest BCUT2D eigenvalue weighted by Gasteiger charge is 2.35. The Hall–Kier alpha value is -2.84. The van der Waals surface area contributed by atoms with E-state index in [1.54, 1.807) is 60.9 Å². The maximum atomic E-state index is 13.4. The molecule has 1 fully saturated rings. The number of hydrogen-bond donors (Lipinski definition) is 0. The van der Waals surface area contributed by atoms with E-state index in [2.05, 4.69) is 9.97 Å². The number of aromatic nitrogens is 2. The van der Waals surface area contributed by atoms with E-state index in [0.717, 1.165) is 6.07 Å². The number of ether oxygens (including phenoxy) is 1. The molecule has 1 aliphatic heterocycles. The number of nitrogens with zero attached hydrogens (tertiary/aromatic N) is 4. The minimum Gasteiger partial charge on any atom is -0.444 e. The number of hydrogen-bond acceptors (Lipinski definition) is 5. The minimum absolute atomic E-state index is 0.0185. The Morgan fingerprint density at radius 2 is 1.62 bits per heavy atom. The summed E-state index contributed by atoms with van der Waals surface area (Å²) in [5.41, 5.74) is -1.09. The molecule has 0 atom stereocenters. The molecular weight excluding hydrogens is 385 g/mol. The van der Waals surface area contributed by atoms with E-state index in [1.807, 2.05) is 0 Å². The van der Waals surface area contributed by atoms with Crippen molar-refractivity contribution >= 4 is 11.9 Å². The number of benzene rings is 1. The van der Waals surface area contributed by atoms with Gasteiger partial charge in [0.1, 0.15) is 11.4 Å². The van der Waals surface area contributed by atoms with Crippen molar-refractivity contribution in [2.45, 2.75) is 32.5 Å². The van der Waals surface area contributed by atoms with Crippen molar-refractivity contribution in [3.63, 3.8) is 0 Å². The van der Waals surface area contributed by atoms with Crippen molar-refractivity contribution in [1.29, 1.82) is 0 Å². The molecule has 0 bridgehead atoms. The largest absolute Gasteiger partial charge is 0.444 e. The van der Waals surface area contributed by atoms with Gasteiger partial charge in [0.15, 0.2) is 11.5 Å². The molecule has 3 rings (SSSR count). The first-order chi connectivity index (χ1) is 13.5. The monoisotopic (exact) mass is 408 g/mol. The smallest absolute Gasteiger partial charge is 0.433 e. The number of carbonyl (C=O) groups excluding carboxylic acids is 1. The second-order valence-electron chi connectivity index (χ2n) is 7.75. The molecule has 1 amide bonds. The van der Waals surface area contributed by atoms with Crippen LogP contribution in [0.3, 0.4) is 0 Å². The molecule has 1 aliphatic rings. The Kier molecular flexibility index (Phi) is 5.68.